The number of ether oxygens (including phenoxy) is 1. The second-order valence-electron chi connectivity index (χ2n) is 6.48. The van der Waals surface area contributed by atoms with E-state index < -0.39 is 0 Å². The second-order valence-corrected chi connectivity index (χ2v) is 6.48. The third-order valence-electron chi connectivity index (χ3n) is 4.12. The van der Waals surface area contributed by atoms with Crippen molar-refractivity contribution < 1.29 is 4.74 Å². The molecule has 1 fully saturated rings. The number of methoxy groups -OCH3 is 1. The minimum atomic E-state index is -0.378. The van der Waals surface area contributed by atoms with Gasteiger partial charge in [0.25, 0.3) is 0 Å². The highest BCUT2D eigenvalue weighted by molar-refractivity contribution is 5.04. The van der Waals surface area contributed by atoms with Crippen molar-refractivity contribution in [3.8, 4) is 6.07 Å². The molecule has 1 rings (SSSR count). The Morgan fingerprint density at radius 3 is 2.50 bits per heavy atom. The molecule has 0 aliphatic carbocycles. The lowest BCUT2D eigenvalue weighted by atomic mass is 9.95. The molecule has 1 saturated heterocycles. The summed E-state index contributed by atoms with van der Waals surface area (Å²) in [4.78, 5) is 2.52. The summed E-state index contributed by atoms with van der Waals surface area (Å²) >= 11 is 0. The standard InChI is InChI=1S/C16H31N3O/c1-14(2)18-16(3,13-17)9-5-6-10-19-11-7-15(20-4)8-12-19/h14-15,18H,5-12H2,1-4H3. The van der Waals surface area contributed by atoms with Crippen LogP contribution < -0.4 is 5.32 Å². The van der Waals surface area contributed by atoms with Crippen molar-refractivity contribution in [3.05, 3.63) is 0 Å². The van der Waals surface area contributed by atoms with Crippen LogP contribution in [0.1, 0.15) is 52.9 Å². The number of unbranched alkanes of at least 4 members (excludes halogenated alkanes) is 1. The van der Waals surface area contributed by atoms with Crippen LogP contribution in [0.3, 0.4) is 0 Å². The lowest BCUT2D eigenvalue weighted by Gasteiger charge is -2.31. The molecule has 1 atom stereocenters. The van der Waals surface area contributed by atoms with E-state index in [0.717, 1.165) is 45.3 Å². The smallest absolute Gasteiger partial charge is 0.104 e. The number of nitrogens with one attached hydrogen (secondary N) is 1. The molecule has 4 nitrogen and oxygen atoms in total. The Labute approximate surface area is 124 Å². The van der Waals surface area contributed by atoms with Crippen molar-refractivity contribution in [1.29, 1.82) is 5.26 Å². The van der Waals surface area contributed by atoms with Gasteiger partial charge in [0.2, 0.25) is 0 Å². The van der Waals surface area contributed by atoms with Gasteiger partial charge in [-0.25, -0.2) is 0 Å². The predicted molar refractivity (Wildman–Crippen MR) is 82.6 cm³/mol. The number of nitriles is 1. The van der Waals surface area contributed by atoms with Gasteiger partial charge in [-0.15, -0.1) is 0 Å². The van der Waals surface area contributed by atoms with E-state index in [1.165, 1.54) is 6.42 Å². The Bertz CT molecular complexity index is 305. The summed E-state index contributed by atoms with van der Waals surface area (Å²) in [5.74, 6) is 0. The first kappa shape index (κ1) is 17.4. The summed E-state index contributed by atoms with van der Waals surface area (Å²) in [6, 6.07) is 2.77. The number of nitrogens with zero attached hydrogens (tertiary/aromatic N) is 2. The van der Waals surface area contributed by atoms with Crippen LogP contribution >= 0.6 is 0 Å². The first-order valence-corrected chi connectivity index (χ1v) is 7.93. The van der Waals surface area contributed by atoms with E-state index in [9.17, 15) is 5.26 Å². The van der Waals surface area contributed by atoms with E-state index in [1.54, 1.807) is 0 Å². The third kappa shape index (κ3) is 6.21. The van der Waals surface area contributed by atoms with Crippen molar-refractivity contribution in [3.63, 3.8) is 0 Å². The predicted octanol–water partition coefficient (Wildman–Crippen LogP) is 2.55. The molecule has 0 saturated carbocycles. The molecule has 1 aliphatic rings. The number of rotatable bonds is 8. The summed E-state index contributed by atoms with van der Waals surface area (Å²) < 4.78 is 5.39. The summed E-state index contributed by atoms with van der Waals surface area (Å²) in [6.45, 7) is 9.65. The van der Waals surface area contributed by atoms with E-state index in [-0.39, 0.29) is 5.54 Å². The quantitative estimate of drug-likeness (QED) is 0.695. The largest absolute Gasteiger partial charge is 0.381 e. The van der Waals surface area contributed by atoms with Crippen LogP contribution in [0.4, 0.5) is 0 Å². The van der Waals surface area contributed by atoms with E-state index in [1.807, 2.05) is 14.0 Å². The molecule has 0 aromatic rings. The summed E-state index contributed by atoms with van der Waals surface area (Å²) in [6.07, 6.45) is 5.98. The Hall–Kier alpha value is -0.630. The van der Waals surface area contributed by atoms with Gasteiger partial charge < -0.3 is 9.64 Å². The van der Waals surface area contributed by atoms with Gasteiger partial charge in [-0.3, -0.25) is 5.32 Å². The van der Waals surface area contributed by atoms with Crippen LogP contribution in [0.15, 0.2) is 0 Å². The molecule has 0 radical (unpaired) electrons. The normalized spacial score (nSPS) is 20.8. The highest BCUT2D eigenvalue weighted by atomic mass is 16.5. The summed E-state index contributed by atoms with van der Waals surface area (Å²) in [5, 5.41) is 12.7. The number of hydrogen-bond acceptors (Lipinski definition) is 4. The molecule has 20 heavy (non-hydrogen) atoms. The average molecular weight is 281 g/mol. The van der Waals surface area contributed by atoms with Crippen molar-refractivity contribution in [1.82, 2.24) is 10.2 Å². The topological polar surface area (TPSA) is 48.3 Å². The Morgan fingerprint density at radius 2 is 2.00 bits per heavy atom. The van der Waals surface area contributed by atoms with Gasteiger partial charge in [-0.05, 0) is 59.4 Å². The lowest BCUT2D eigenvalue weighted by molar-refractivity contribution is 0.0406. The van der Waals surface area contributed by atoms with Crippen molar-refractivity contribution in [2.24, 2.45) is 0 Å². The Kier molecular flexibility index (Phi) is 7.50. The Balaban J connectivity index is 2.17. The lowest BCUT2D eigenvalue weighted by Crippen LogP contribution is -2.45. The van der Waals surface area contributed by atoms with Gasteiger partial charge in [-0.2, -0.15) is 5.26 Å². The minimum Gasteiger partial charge on any atom is -0.381 e. The average Bonchev–Trinajstić information content (AvgIpc) is 2.43. The fourth-order valence-electron chi connectivity index (χ4n) is 2.98. The maximum Gasteiger partial charge on any atom is 0.104 e. The van der Waals surface area contributed by atoms with Crippen molar-refractivity contribution >= 4 is 0 Å². The van der Waals surface area contributed by atoms with Gasteiger partial charge in [0, 0.05) is 26.2 Å². The van der Waals surface area contributed by atoms with Gasteiger partial charge >= 0.3 is 0 Å². The first-order chi connectivity index (χ1) is 9.49. The SMILES string of the molecule is COC1CCN(CCCCC(C)(C#N)NC(C)C)CC1. The molecular formula is C16H31N3O. The van der Waals surface area contributed by atoms with E-state index in [2.05, 4.69) is 30.1 Å². The van der Waals surface area contributed by atoms with Gasteiger partial charge in [0.15, 0.2) is 0 Å². The van der Waals surface area contributed by atoms with Crippen molar-refractivity contribution in [2.45, 2.75) is 70.6 Å². The van der Waals surface area contributed by atoms with Crippen LogP contribution in [0, 0.1) is 11.3 Å². The molecule has 116 valence electrons. The zero-order chi connectivity index (χ0) is 15.0. The van der Waals surface area contributed by atoms with Crippen LogP contribution in [-0.2, 0) is 4.74 Å². The van der Waals surface area contributed by atoms with E-state index in [0.29, 0.717) is 12.1 Å². The molecule has 0 bridgehead atoms. The maximum atomic E-state index is 9.30. The molecule has 1 heterocycles. The number of hydrogen-bond donors (Lipinski definition) is 1. The molecule has 0 aromatic carbocycles. The van der Waals surface area contributed by atoms with Gasteiger partial charge in [0.1, 0.15) is 5.54 Å². The molecule has 0 spiro atoms. The Morgan fingerprint density at radius 1 is 1.35 bits per heavy atom. The molecule has 0 amide bonds. The fraction of sp³-hybridized carbons (Fsp3) is 0.938. The molecule has 0 aromatic heterocycles. The van der Waals surface area contributed by atoms with Crippen molar-refractivity contribution in [2.75, 3.05) is 26.7 Å². The van der Waals surface area contributed by atoms with E-state index >= 15 is 0 Å². The highest BCUT2D eigenvalue weighted by Crippen LogP contribution is 2.16. The molecule has 4 heteroatoms. The van der Waals surface area contributed by atoms with Crippen LogP contribution in [-0.4, -0.2) is 49.3 Å². The summed E-state index contributed by atoms with van der Waals surface area (Å²) in [5.41, 5.74) is -0.378. The minimum absolute atomic E-state index is 0.354. The first-order valence-electron chi connectivity index (χ1n) is 7.93. The third-order valence-corrected chi connectivity index (χ3v) is 4.12. The fourth-order valence-corrected chi connectivity index (χ4v) is 2.98. The monoisotopic (exact) mass is 281 g/mol. The van der Waals surface area contributed by atoms with Crippen LogP contribution in [0.2, 0.25) is 0 Å². The zero-order valence-corrected chi connectivity index (χ0v) is 13.6. The summed E-state index contributed by atoms with van der Waals surface area (Å²) in [7, 11) is 1.81. The molecule has 1 aliphatic heterocycles. The molecule has 1 N–H and O–H groups in total. The number of piperidine rings is 1. The molecule has 1 unspecified atom stereocenters. The highest BCUT2D eigenvalue weighted by Gasteiger charge is 2.24. The maximum absolute atomic E-state index is 9.30. The number of likely N-dealkylation sites (tertiary alicyclic amines) is 1. The van der Waals surface area contributed by atoms with Crippen LogP contribution in [0.5, 0.6) is 0 Å². The van der Waals surface area contributed by atoms with E-state index in [4.69, 9.17) is 4.74 Å². The molecular weight excluding hydrogens is 250 g/mol. The van der Waals surface area contributed by atoms with Gasteiger partial charge in [-0.1, -0.05) is 0 Å². The second kappa shape index (κ2) is 8.61. The zero-order valence-electron chi connectivity index (χ0n) is 13.6. The van der Waals surface area contributed by atoms with Crippen LogP contribution in [0.25, 0.3) is 0 Å². The van der Waals surface area contributed by atoms with Gasteiger partial charge in [0.05, 0.1) is 12.2 Å².